The van der Waals surface area contributed by atoms with E-state index in [4.69, 9.17) is 30.0 Å². The largest absolute Gasteiger partial charge is 0.515 e. The zero-order valence-electron chi connectivity index (χ0n) is 22.9. The van der Waals surface area contributed by atoms with Crippen molar-refractivity contribution in [2.45, 2.75) is 46.3 Å². The number of urea groups is 1. The highest BCUT2D eigenvalue weighted by Gasteiger charge is 2.38. The highest BCUT2D eigenvalue weighted by Crippen LogP contribution is 2.37. The van der Waals surface area contributed by atoms with Gasteiger partial charge >= 0.3 is 6.03 Å². The van der Waals surface area contributed by atoms with E-state index >= 15 is 0 Å². The summed E-state index contributed by atoms with van der Waals surface area (Å²) in [4.78, 5) is 39.6. The van der Waals surface area contributed by atoms with E-state index in [0.29, 0.717) is 61.3 Å². The molecule has 1 atom stereocenters. The third-order valence-corrected chi connectivity index (χ3v) is 6.58. The van der Waals surface area contributed by atoms with Gasteiger partial charge in [0.05, 0.1) is 43.8 Å². The van der Waals surface area contributed by atoms with Gasteiger partial charge in [-0.2, -0.15) is 10.3 Å². The van der Waals surface area contributed by atoms with Gasteiger partial charge in [0, 0.05) is 24.3 Å². The Hall–Kier alpha value is -4.19. The summed E-state index contributed by atoms with van der Waals surface area (Å²) in [6, 6.07) is 4.86. The number of likely N-dealkylation sites (N-methyl/N-ethyl adjacent to an activating group) is 1. The highest BCUT2D eigenvalue weighted by molar-refractivity contribution is 6.05. The van der Waals surface area contributed by atoms with E-state index in [1.54, 1.807) is 17.0 Å². The molecule has 1 aromatic heterocycles. The minimum absolute atomic E-state index is 0.0141. The Morgan fingerprint density at radius 1 is 1.33 bits per heavy atom. The van der Waals surface area contributed by atoms with E-state index in [1.807, 2.05) is 40.7 Å². The zero-order chi connectivity index (χ0) is 28.3. The topological polar surface area (TPSA) is 155 Å². The van der Waals surface area contributed by atoms with E-state index in [2.05, 4.69) is 15.5 Å². The number of nitrogens with zero attached hydrogens (tertiary/aromatic N) is 4. The van der Waals surface area contributed by atoms with E-state index < -0.39 is 11.6 Å². The Bertz CT molecular complexity index is 1310. The fourth-order valence-electron chi connectivity index (χ4n) is 4.65. The number of aryl methyl sites for hydroxylation is 1. The molecular weight excluding hydrogens is 502 g/mol. The van der Waals surface area contributed by atoms with Gasteiger partial charge in [-0.3, -0.25) is 15.5 Å². The summed E-state index contributed by atoms with van der Waals surface area (Å²) in [6.45, 7) is 12.3. The Kier molecular flexibility index (Phi) is 8.05. The average molecular weight is 539 g/mol. The van der Waals surface area contributed by atoms with E-state index in [0.717, 1.165) is 17.9 Å². The lowest BCUT2D eigenvalue weighted by molar-refractivity contribution is -0.115. The second kappa shape index (κ2) is 11.3. The first kappa shape index (κ1) is 27.8. The molecule has 1 saturated heterocycles. The Balaban J connectivity index is 1.79. The number of carbonyl (C=O) groups excluding carboxylic acids is 2. The molecule has 3 amide bonds. The highest BCUT2D eigenvalue weighted by atomic mass is 16.5. The van der Waals surface area contributed by atoms with E-state index in [9.17, 15) is 9.59 Å². The molecule has 0 unspecified atom stereocenters. The molecule has 0 bridgehead atoms. The number of amides is 3. The minimum Gasteiger partial charge on any atom is -0.515 e. The predicted octanol–water partition coefficient (Wildman–Crippen LogP) is 1.66. The van der Waals surface area contributed by atoms with Crippen molar-refractivity contribution in [3.63, 3.8) is 0 Å². The molecular formula is C27H36N7O5+. The van der Waals surface area contributed by atoms with Crippen molar-refractivity contribution in [2.24, 2.45) is 0 Å². The van der Waals surface area contributed by atoms with Gasteiger partial charge in [0.1, 0.15) is 11.2 Å². The summed E-state index contributed by atoms with van der Waals surface area (Å²) in [5.74, 6) is 0.508. The molecule has 5 N–H and O–H groups in total. The number of anilines is 2. The third kappa shape index (κ3) is 6.11. The number of nitrogens with one attached hydrogen (secondary N) is 2. The number of benzene rings is 1. The van der Waals surface area contributed by atoms with Crippen molar-refractivity contribution in [1.29, 1.82) is 0 Å². The van der Waals surface area contributed by atoms with Gasteiger partial charge in [0.25, 0.3) is 11.7 Å². The summed E-state index contributed by atoms with van der Waals surface area (Å²) >= 11 is 0. The summed E-state index contributed by atoms with van der Waals surface area (Å²) in [6.07, 6.45) is 1.89. The number of morpholine rings is 1. The van der Waals surface area contributed by atoms with Crippen LogP contribution < -0.4 is 25.7 Å². The maximum absolute atomic E-state index is 13.8. The first-order valence-electron chi connectivity index (χ1n) is 12.9. The number of aliphatic hydroxyl groups excluding tert-OH is 1. The van der Waals surface area contributed by atoms with Gasteiger partial charge < -0.3 is 24.4 Å². The van der Waals surface area contributed by atoms with Gasteiger partial charge in [-0.15, -0.1) is 0 Å². The number of ether oxygens (including phenoxy) is 2. The summed E-state index contributed by atoms with van der Waals surface area (Å²) < 4.78 is 12.0. The summed E-state index contributed by atoms with van der Waals surface area (Å²) in [5, 5.41) is 19.6. The molecule has 12 nitrogen and oxygen atoms in total. The molecule has 0 radical (unpaired) electrons. The normalized spacial score (nSPS) is 18.8. The lowest BCUT2D eigenvalue weighted by Gasteiger charge is -2.34. The summed E-state index contributed by atoms with van der Waals surface area (Å²) in [7, 11) is 0. The molecule has 3 heterocycles. The maximum atomic E-state index is 13.8. The monoisotopic (exact) mass is 538 g/mol. The Morgan fingerprint density at radius 3 is 2.77 bits per heavy atom. The van der Waals surface area contributed by atoms with Gasteiger partial charge in [-0.05, 0) is 52.3 Å². The number of aliphatic hydroxyl groups is 1. The molecule has 1 aromatic carbocycles. The van der Waals surface area contributed by atoms with E-state index in [1.165, 1.54) is 0 Å². The van der Waals surface area contributed by atoms with Crippen LogP contribution in [0.15, 0.2) is 30.5 Å². The van der Waals surface area contributed by atoms with Crippen LogP contribution in [0.3, 0.4) is 0 Å². The van der Waals surface area contributed by atoms with Crippen LogP contribution in [0, 0.1) is 6.92 Å². The first-order chi connectivity index (χ1) is 18.5. The van der Waals surface area contributed by atoms with Crippen LogP contribution in [-0.2, 0) is 4.74 Å². The van der Waals surface area contributed by atoms with Crippen molar-refractivity contribution < 1.29 is 29.6 Å². The van der Waals surface area contributed by atoms with Crippen LogP contribution in [0.1, 0.15) is 43.6 Å². The van der Waals surface area contributed by atoms with Crippen molar-refractivity contribution in [3.8, 4) is 17.1 Å². The lowest BCUT2D eigenvalue weighted by Crippen LogP contribution is -2.50. The Morgan fingerprint density at radius 2 is 2.10 bits per heavy atom. The lowest BCUT2D eigenvalue weighted by atomic mass is 10.0. The van der Waals surface area contributed by atoms with Gasteiger partial charge in [0.15, 0.2) is 0 Å². The third-order valence-electron chi connectivity index (χ3n) is 6.58. The molecule has 12 heteroatoms. The first-order valence-corrected chi connectivity index (χ1v) is 12.9. The fourth-order valence-corrected chi connectivity index (χ4v) is 4.65. The minimum atomic E-state index is -0.655. The standard InChI is InChI=1S/C27H35N7O5/c1-6-33-15-27(4,5)39-23-21(24(33)36)22(31-25(32-23)34-10-12-38-14-17(34)3)18-7-8-19(16(2)13-18)29-26(37)30-20(28)9-11-35/h7-9,11,13,17,35H,6,10,12,14-15H2,1-5H3,(H3,28,29,30,37)/p+1/b11-9-/t17-/m0/s1. The van der Waals surface area contributed by atoms with Crippen LogP contribution in [0.25, 0.3) is 11.3 Å². The van der Waals surface area contributed by atoms with Crippen LogP contribution in [0.2, 0.25) is 0 Å². The number of rotatable bonds is 5. The second-order valence-corrected chi connectivity index (χ2v) is 10.2. The van der Waals surface area contributed by atoms with Crippen LogP contribution in [-0.4, -0.2) is 82.2 Å². The fraction of sp³-hybridized carbons (Fsp3) is 0.444. The van der Waals surface area contributed by atoms with Crippen LogP contribution in [0.4, 0.5) is 16.4 Å². The van der Waals surface area contributed by atoms with E-state index in [-0.39, 0.29) is 23.7 Å². The Labute approximate surface area is 227 Å². The SMILES string of the molecule is CCN1CC(C)(C)Oc2nc(N3CCOC[C@@H]3C)nc(-c3ccc(NC(=O)NC(=[NH2+])/C=C\O)c(C)c3)c2C1=O. The number of aromatic nitrogens is 2. The quantitative estimate of drug-likeness (QED) is 0.255. The molecule has 39 heavy (non-hydrogen) atoms. The number of nitrogens with two attached hydrogens (primary N) is 1. The van der Waals surface area contributed by atoms with Gasteiger partial charge in [-0.1, -0.05) is 6.07 Å². The number of fused-ring (bicyclic) bond motifs is 1. The second-order valence-electron chi connectivity index (χ2n) is 10.2. The molecule has 4 rings (SSSR count). The van der Waals surface area contributed by atoms with Crippen molar-refractivity contribution in [1.82, 2.24) is 20.2 Å². The molecule has 1 fully saturated rings. The van der Waals surface area contributed by atoms with Crippen molar-refractivity contribution in [2.75, 3.05) is 43.1 Å². The summed E-state index contributed by atoms with van der Waals surface area (Å²) in [5.41, 5.74) is 2.07. The smallest absolute Gasteiger partial charge is 0.411 e. The number of hydrogen-bond acceptors (Lipinski definition) is 8. The predicted molar refractivity (Wildman–Crippen MR) is 147 cm³/mol. The molecule has 0 aliphatic carbocycles. The molecule has 0 saturated carbocycles. The molecule has 2 aromatic rings. The van der Waals surface area contributed by atoms with Crippen LogP contribution in [0.5, 0.6) is 5.88 Å². The van der Waals surface area contributed by atoms with Crippen LogP contribution >= 0.6 is 0 Å². The van der Waals surface area contributed by atoms with Gasteiger partial charge in [0.2, 0.25) is 11.8 Å². The molecule has 2 aliphatic heterocycles. The molecule has 208 valence electrons. The maximum Gasteiger partial charge on any atom is 0.411 e. The average Bonchev–Trinajstić information content (AvgIpc) is 2.97. The van der Waals surface area contributed by atoms with Gasteiger partial charge in [-0.25, -0.2) is 9.78 Å². The van der Waals surface area contributed by atoms with Crippen molar-refractivity contribution >= 4 is 29.4 Å². The number of hydrogen-bond donors (Lipinski definition) is 4. The zero-order valence-corrected chi connectivity index (χ0v) is 22.9. The van der Waals surface area contributed by atoms with Crippen molar-refractivity contribution in [3.05, 3.63) is 41.7 Å². The molecule has 2 aliphatic rings. The number of amidine groups is 1. The molecule has 0 spiro atoms. The number of carbonyl (C=O) groups is 2.